The first kappa shape index (κ1) is 23.8. The van der Waals surface area contributed by atoms with Gasteiger partial charge in [0.1, 0.15) is 0 Å². The standard InChI is InChI=1S/C26H36ClNO3/c1-24(2,3)10-8-18-6-7-19(14-21(18)27)26-12-11-25(4,5)15-20(26)17-28(22(29)16-26)13-9-23(30)31/h6-7,14,17H,8-13,15-16H2,1-5H3,(H,30,31). The largest absolute Gasteiger partial charge is 0.481 e. The van der Waals surface area contributed by atoms with Gasteiger partial charge in [-0.25, -0.2) is 0 Å². The molecular weight excluding hydrogens is 410 g/mol. The van der Waals surface area contributed by atoms with Crippen molar-refractivity contribution < 1.29 is 14.7 Å². The van der Waals surface area contributed by atoms with Crippen LogP contribution in [0.2, 0.25) is 5.02 Å². The Morgan fingerprint density at radius 1 is 1.19 bits per heavy atom. The number of carbonyl (C=O) groups is 2. The molecule has 1 N–H and O–H groups in total. The van der Waals surface area contributed by atoms with E-state index < -0.39 is 5.97 Å². The van der Waals surface area contributed by atoms with E-state index in [1.807, 2.05) is 6.20 Å². The van der Waals surface area contributed by atoms with Gasteiger partial charge in [-0.1, -0.05) is 58.4 Å². The first-order valence-corrected chi connectivity index (χ1v) is 11.7. The molecule has 1 saturated carbocycles. The van der Waals surface area contributed by atoms with Gasteiger partial charge in [-0.2, -0.15) is 0 Å². The van der Waals surface area contributed by atoms with Crippen LogP contribution in [0.1, 0.15) is 84.3 Å². The lowest BCUT2D eigenvalue weighted by Crippen LogP contribution is -2.46. The number of carboxylic acid groups (broad SMARTS) is 1. The number of hydrogen-bond donors (Lipinski definition) is 1. The number of nitrogens with zero attached hydrogens (tertiary/aromatic N) is 1. The summed E-state index contributed by atoms with van der Waals surface area (Å²) in [5, 5.41) is 9.83. The third-order valence-corrected chi connectivity index (χ3v) is 7.27. The second-order valence-electron chi connectivity index (χ2n) is 11.4. The van der Waals surface area contributed by atoms with Crippen LogP contribution >= 0.6 is 11.6 Å². The quantitative estimate of drug-likeness (QED) is 0.554. The molecule has 1 aromatic carbocycles. The fourth-order valence-corrected chi connectivity index (χ4v) is 5.15. The van der Waals surface area contributed by atoms with Gasteiger partial charge in [0.15, 0.2) is 0 Å². The average Bonchev–Trinajstić information content (AvgIpc) is 2.64. The zero-order chi connectivity index (χ0) is 23.0. The SMILES string of the molecule is CC(C)(C)CCc1ccc(C23CCC(C)(C)CC2=CN(CCC(=O)O)C(=O)C3)cc1Cl. The molecule has 1 amide bonds. The lowest BCUT2D eigenvalue weighted by atomic mass is 9.57. The number of rotatable bonds is 6. The summed E-state index contributed by atoms with van der Waals surface area (Å²) in [7, 11) is 0. The first-order chi connectivity index (χ1) is 14.3. The van der Waals surface area contributed by atoms with E-state index in [1.165, 1.54) is 5.57 Å². The van der Waals surface area contributed by atoms with Gasteiger partial charge in [0, 0.05) is 29.6 Å². The highest BCUT2D eigenvalue weighted by Crippen LogP contribution is 2.54. The van der Waals surface area contributed by atoms with Crippen LogP contribution in [0.25, 0.3) is 0 Å². The van der Waals surface area contributed by atoms with E-state index in [9.17, 15) is 9.59 Å². The molecule has 5 heteroatoms. The Bertz CT molecular complexity index is 896. The third-order valence-electron chi connectivity index (χ3n) is 6.91. The highest BCUT2D eigenvalue weighted by molar-refractivity contribution is 6.31. The Morgan fingerprint density at radius 2 is 1.90 bits per heavy atom. The number of amides is 1. The van der Waals surface area contributed by atoms with E-state index in [0.717, 1.165) is 48.3 Å². The molecular formula is C26H36ClNO3. The van der Waals surface area contributed by atoms with Crippen molar-refractivity contribution in [2.24, 2.45) is 10.8 Å². The molecule has 1 aliphatic heterocycles. The van der Waals surface area contributed by atoms with E-state index in [4.69, 9.17) is 16.7 Å². The summed E-state index contributed by atoms with van der Waals surface area (Å²) in [5.74, 6) is -0.887. The molecule has 0 radical (unpaired) electrons. The van der Waals surface area contributed by atoms with Gasteiger partial charge in [0.2, 0.25) is 5.91 Å². The van der Waals surface area contributed by atoms with Crippen molar-refractivity contribution in [1.29, 1.82) is 0 Å². The van der Waals surface area contributed by atoms with Crippen LogP contribution in [0.3, 0.4) is 0 Å². The maximum Gasteiger partial charge on any atom is 0.305 e. The van der Waals surface area contributed by atoms with Gasteiger partial charge in [-0.3, -0.25) is 9.59 Å². The monoisotopic (exact) mass is 445 g/mol. The smallest absolute Gasteiger partial charge is 0.305 e. The Morgan fingerprint density at radius 3 is 2.52 bits per heavy atom. The molecule has 1 fully saturated rings. The number of halogens is 1. The highest BCUT2D eigenvalue weighted by Gasteiger charge is 2.48. The van der Waals surface area contributed by atoms with Gasteiger partial charge < -0.3 is 10.0 Å². The van der Waals surface area contributed by atoms with Crippen molar-refractivity contribution in [2.45, 2.75) is 85.0 Å². The van der Waals surface area contributed by atoms with E-state index >= 15 is 0 Å². The summed E-state index contributed by atoms with van der Waals surface area (Å²) < 4.78 is 0. The molecule has 0 aromatic heterocycles. The van der Waals surface area contributed by atoms with Gasteiger partial charge in [0.25, 0.3) is 0 Å². The second-order valence-corrected chi connectivity index (χ2v) is 11.8. The van der Waals surface area contributed by atoms with Crippen LogP contribution in [0.4, 0.5) is 0 Å². The summed E-state index contributed by atoms with van der Waals surface area (Å²) in [5.41, 5.74) is 3.57. The molecule has 1 unspecified atom stereocenters. The number of aryl methyl sites for hydroxylation is 1. The normalized spacial score (nSPS) is 23.4. The van der Waals surface area contributed by atoms with Gasteiger partial charge in [-0.05, 0) is 65.7 Å². The van der Waals surface area contributed by atoms with Crippen LogP contribution in [0, 0.1) is 10.8 Å². The number of carboxylic acids is 1. The molecule has 2 aliphatic rings. The van der Waals surface area contributed by atoms with Crippen LogP contribution in [0.15, 0.2) is 30.0 Å². The molecule has 31 heavy (non-hydrogen) atoms. The highest BCUT2D eigenvalue weighted by atomic mass is 35.5. The molecule has 1 atom stereocenters. The molecule has 4 nitrogen and oxygen atoms in total. The number of hydrogen-bond acceptors (Lipinski definition) is 2. The summed E-state index contributed by atoms with van der Waals surface area (Å²) in [6, 6.07) is 6.37. The Labute approximate surface area is 191 Å². The average molecular weight is 446 g/mol. The Balaban J connectivity index is 1.95. The van der Waals surface area contributed by atoms with Crippen LogP contribution in [0.5, 0.6) is 0 Å². The molecule has 1 aliphatic carbocycles. The molecule has 0 saturated heterocycles. The molecule has 0 spiro atoms. The van der Waals surface area contributed by atoms with E-state index in [2.05, 4.69) is 52.8 Å². The van der Waals surface area contributed by atoms with Crippen molar-refractivity contribution >= 4 is 23.5 Å². The minimum Gasteiger partial charge on any atom is -0.481 e. The Hall–Kier alpha value is -1.81. The van der Waals surface area contributed by atoms with Crippen LogP contribution < -0.4 is 0 Å². The van der Waals surface area contributed by atoms with Crippen LogP contribution in [-0.2, 0) is 21.4 Å². The fraction of sp³-hybridized carbons (Fsp3) is 0.615. The second kappa shape index (κ2) is 8.61. The first-order valence-electron chi connectivity index (χ1n) is 11.3. The van der Waals surface area contributed by atoms with Crippen molar-refractivity contribution in [2.75, 3.05) is 6.54 Å². The topological polar surface area (TPSA) is 57.6 Å². The summed E-state index contributed by atoms with van der Waals surface area (Å²) in [6.45, 7) is 11.5. The van der Waals surface area contributed by atoms with Crippen molar-refractivity contribution in [3.8, 4) is 0 Å². The zero-order valence-corrected chi connectivity index (χ0v) is 20.3. The molecule has 3 rings (SSSR count). The van der Waals surface area contributed by atoms with E-state index in [1.54, 1.807) is 4.90 Å². The van der Waals surface area contributed by atoms with Crippen molar-refractivity contribution in [3.05, 3.63) is 46.1 Å². The minimum absolute atomic E-state index is 0.00219. The summed E-state index contributed by atoms with van der Waals surface area (Å²) in [6.07, 6.45) is 7.12. The van der Waals surface area contributed by atoms with E-state index in [-0.39, 0.29) is 35.1 Å². The maximum atomic E-state index is 13.0. The molecule has 170 valence electrons. The minimum atomic E-state index is -0.885. The zero-order valence-electron chi connectivity index (χ0n) is 19.6. The maximum absolute atomic E-state index is 13.0. The number of aliphatic carboxylic acids is 1. The van der Waals surface area contributed by atoms with Crippen molar-refractivity contribution in [3.63, 3.8) is 0 Å². The number of allylic oxidation sites excluding steroid dienone is 1. The third kappa shape index (κ3) is 5.52. The van der Waals surface area contributed by atoms with Gasteiger partial charge in [0.05, 0.1) is 6.42 Å². The summed E-state index contributed by atoms with van der Waals surface area (Å²) in [4.78, 5) is 25.7. The predicted octanol–water partition coefficient (Wildman–Crippen LogP) is 6.36. The molecule has 1 heterocycles. The predicted molar refractivity (Wildman–Crippen MR) is 125 cm³/mol. The molecule has 1 aromatic rings. The molecule has 0 bridgehead atoms. The van der Waals surface area contributed by atoms with Crippen molar-refractivity contribution in [1.82, 2.24) is 4.90 Å². The number of fused-ring (bicyclic) bond motifs is 1. The number of benzene rings is 1. The lowest BCUT2D eigenvalue weighted by Gasteiger charge is -2.49. The Kier molecular flexibility index (Phi) is 6.63. The van der Waals surface area contributed by atoms with Gasteiger partial charge >= 0.3 is 5.97 Å². The van der Waals surface area contributed by atoms with E-state index in [0.29, 0.717) is 6.42 Å². The summed E-state index contributed by atoms with van der Waals surface area (Å²) >= 11 is 6.73. The fourth-order valence-electron chi connectivity index (χ4n) is 4.87. The lowest BCUT2D eigenvalue weighted by molar-refractivity contribution is -0.138. The van der Waals surface area contributed by atoms with Crippen LogP contribution in [-0.4, -0.2) is 28.4 Å². The number of carbonyl (C=O) groups excluding carboxylic acids is 1. The van der Waals surface area contributed by atoms with Gasteiger partial charge in [-0.15, -0.1) is 0 Å².